The summed E-state index contributed by atoms with van der Waals surface area (Å²) < 4.78 is 19.8. The maximum absolute atomic E-state index is 13.7. The van der Waals surface area contributed by atoms with Gasteiger partial charge in [0.05, 0.1) is 34.3 Å². The van der Waals surface area contributed by atoms with Gasteiger partial charge in [0.15, 0.2) is 0 Å². The summed E-state index contributed by atoms with van der Waals surface area (Å²) in [5.74, 6) is -0.703. The molecule has 0 atom stereocenters. The third kappa shape index (κ3) is 4.10. The van der Waals surface area contributed by atoms with Crippen molar-refractivity contribution < 1.29 is 13.9 Å². The lowest BCUT2D eigenvalue weighted by Crippen LogP contribution is -2.30. The zero-order valence-electron chi connectivity index (χ0n) is 16.4. The fourth-order valence-corrected chi connectivity index (χ4v) is 3.20. The minimum absolute atomic E-state index is 0.0855. The number of rotatable bonds is 6. The van der Waals surface area contributed by atoms with Crippen LogP contribution in [0.1, 0.15) is 30.1 Å². The number of unbranched alkanes of at least 4 members (excludes halogenated alkanes) is 1. The number of anilines is 1. The Hall–Kier alpha value is -2.93. The number of nitrogens with zero attached hydrogens (tertiary/aromatic N) is 3. The van der Waals surface area contributed by atoms with E-state index in [1.165, 1.54) is 48.1 Å². The molecular weight excluding hydrogens is 397 g/mol. The highest BCUT2D eigenvalue weighted by atomic mass is 35.5. The number of esters is 1. The zero-order valence-corrected chi connectivity index (χ0v) is 17.2. The Bertz CT molecular complexity index is 1130. The van der Waals surface area contributed by atoms with E-state index >= 15 is 0 Å². The van der Waals surface area contributed by atoms with E-state index in [1.807, 2.05) is 11.9 Å². The molecule has 0 bridgehead atoms. The average molecular weight is 418 g/mol. The lowest BCUT2D eigenvalue weighted by molar-refractivity contribution is 0.0601. The number of hydrogen-bond acceptors (Lipinski definition) is 5. The molecule has 0 radical (unpaired) electrons. The predicted molar refractivity (Wildman–Crippen MR) is 112 cm³/mol. The molecule has 0 saturated carbocycles. The maximum atomic E-state index is 13.7. The number of methoxy groups -OCH3 is 1. The Morgan fingerprint density at radius 1 is 1.28 bits per heavy atom. The van der Waals surface area contributed by atoms with Crippen LogP contribution in [0.4, 0.5) is 10.3 Å². The molecule has 1 aromatic heterocycles. The van der Waals surface area contributed by atoms with Crippen molar-refractivity contribution in [3.05, 3.63) is 63.2 Å². The van der Waals surface area contributed by atoms with Gasteiger partial charge in [-0.3, -0.25) is 4.79 Å². The molecule has 0 unspecified atom stereocenters. The first-order valence-corrected chi connectivity index (χ1v) is 9.56. The molecule has 3 rings (SSSR count). The molecule has 8 heteroatoms. The standard InChI is InChI=1S/C21H21ClFN3O3/c1-4-5-10-25(2)21-24-18-11-13(20(28)29-3)6-8-15(18)19(27)26(21)14-7-9-17(23)16(22)12-14/h6-9,11-12H,4-5,10H2,1-3H3. The van der Waals surface area contributed by atoms with E-state index in [2.05, 4.69) is 11.9 Å². The largest absolute Gasteiger partial charge is 0.465 e. The molecule has 1 heterocycles. The van der Waals surface area contributed by atoms with Crippen LogP contribution in [0.2, 0.25) is 5.02 Å². The summed E-state index contributed by atoms with van der Waals surface area (Å²) in [5, 5.41) is 0.239. The van der Waals surface area contributed by atoms with Gasteiger partial charge in [0.2, 0.25) is 5.95 Å². The topological polar surface area (TPSA) is 64.4 Å². The van der Waals surface area contributed by atoms with Crippen LogP contribution < -0.4 is 10.5 Å². The van der Waals surface area contributed by atoms with Crippen molar-refractivity contribution in [3.63, 3.8) is 0 Å². The Labute approximate surface area is 172 Å². The van der Waals surface area contributed by atoms with Gasteiger partial charge in [0.25, 0.3) is 5.56 Å². The number of hydrogen-bond donors (Lipinski definition) is 0. The summed E-state index contributed by atoms with van der Waals surface area (Å²) in [7, 11) is 3.12. The number of carbonyl (C=O) groups excluding carboxylic acids is 1. The van der Waals surface area contributed by atoms with Crippen LogP contribution in [-0.2, 0) is 4.74 Å². The minimum atomic E-state index is -0.569. The quantitative estimate of drug-likeness (QED) is 0.562. The van der Waals surface area contributed by atoms with Crippen molar-refractivity contribution >= 4 is 34.4 Å². The third-order valence-corrected chi connectivity index (χ3v) is 4.91. The van der Waals surface area contributed by atoms with Crippen LogP contribution in [0.5, 0.6) is 0 Å². The monoisotopic (exact) mass is 417 g/mol. The second-order valence-corrected chi connectivity index (χ2v) is 7.06. The van der Waals surface area contributed by atoms with Crippen molar-refractivity contribution in [1.29, 1.82) is 0 Å². The fraction of sp³-hybridized carbons (Fsp3) is 0.286. The minimum Gasteiger partial charge on any atom is -0.465 e. The first-order chi connectivity index (χ1) is 13.9. The van der Waals surface area contributed by atoms with E-state index in [4.69, 9.17) is 16.3 Å². The highest BCUT2D eigenvalue weighted by Gasteiger charge is 2.18. The smallest absolute Gasteiger partial charge is 0.337 e. The molecule has 0 N–H and O–H groups in total. The summed E-state index contributed by atoms with van der Waals surface area (Å²) >= 11 is 5.95. The second kappa shape index (κ2) is 8.61. The number of carbonyl (C=O) groups is 1. The summed E-state index contributed by atoms with van der Waals surface area (Å²) in [4.78, 5) is 31.7. The van der Waals surface area contributed by atoms with Crippen LogP contribution in [0.3, 0.4) is 0 Å². The molecule has 0 spiro atoms. The van der Waals surface area contributed by atoms with E-state index in [0.29, 0.717) is 34.6 Å². The van der Waals surface area contributed by atoms with Gasteiger partial charge in [-0.25, -0.2) is 18.7 Å². The van der Waals surface area contributed by atoms with E-state index < -0.39 is 11.8 Å². The Kier molecular flexibility index (Phi) is 6.17. The van der Waals surface area contributed by atoms with E-state index in [1.54, 1.807) is 0 Å². The Balaban J connectivity index is 2.29. The van der Waals surface area contributed by atoms with Crippen molar-refractivity contribution in [2.24, 2.45) is 0 Å². The molecular formula is C21H21ClFN3O3. The molecule has 6 nitrogen and oxygen atoms in total. The Morgan fingerprint density at radius 2 is 2.03 bits per heavy atom. The second-order valence-electron chi connectivity index (χ2n) is 6.65. The SMILES string of the molecule is CCCCN(C)c1nc2cc(C(=O)OC)ccc2c(=O)n1-c1ccc(F)c(Cl)c1. The lowest BCUT2D eigenvalue weighted by Gasteiger charge is -2.23. The highest BCUT2D eigenvalue weighted by Crippen LogP contribution is 2.23. The Morgan fingerprint density at radius 3 is 2.69 bits per heavy atom. The fourth-order valence-electron chi connectivity index (χ4n) is 3.03. The van der Waals surface area contributed by atoms with Crippen LogP contribution in [0, 0.1) is 5.82 Å². The molecule has 0 aliphatic carbocycles. The number of benzene rings is 2. The summed E-state index contributed by atoms with van der Waals surface area (Å²) in [6.07, 6.45) is 1.87. The number of halogens is 2. The number of fused-ring (bicyclic) bond motifs is 1. The third-order valence-electron chi connectivity index (χ3n) is 4.62. The number of ether oxygens (including phenoxy) is 1. The molecule has 152 valence electrons. The average Bonchev–Trinajstić information content (AvgIpc) is 2.73. The van der Waals surface area contributed by atoms with Crippen molar-refractivity contribution in [3.8, 4) is 5.69 Å². The van der Waals surface area contributed by atoms with E-state index in [9.17, 15) is 14.0 Å². The zero-order chi connectivity index (χ0) is 21.1. The van der Waals surface area contributed by atoms with Crippen LogP contribution in [-0.4, -0.2) is 36.2 Å². The van der Waals surface area contributed by atoms with Crippen molar-refractivity contribution in [1.82, 2.24) is 9.55 Å². The summed E-state index contributed by atoms with van der Waals surface area (Å²) in [6.45, 7) is 2.73. The first kappa shape index (κ1) is 20.8. The first-order valence-electron chi connectivity index (χ1n) is 9.19. The van der Waals surface area contributed by atoms with Gasteiger partial charge in [-0.15, -0.1) is 0 Å². The van der Waals surface area contributed by atoms with Crippen LogP contribution >= 0.6 is 11.6 Å². The van der Waals surface area contributed by atoms with Gasteiger partial charge in [-0.1, -0.05) is 24.9 Å². The number of aromatic nitrogens is 2. The van der Waals surface area contributed by atoms with E-state index in [-0.39, 0.29) is 10.6 Å². The lowest BCUT2D eigenvalue weighted by atomic mass is 10.1. The summed E-state index contributed by atoms with van der Waals surface area (Å²) in [5.41, 5.74) is 0.746. The van der Waals surface area contributed by atoms with Crippen molar-refractivity contribution in [2.45, 2.75) is 19.8 Å². The molecule has 29 heavy (non-hydrogen) atoms. The summed E-state index contributed by atoms with van der Waals surface area (Å²) in [6, 6.07) is 8.67. The van der Waals surface area contributed by atoms with Gasteiger partial charge in [0, 0.05) is 13.6 Å². The molecule has 0 saturated heterocycles. The molecule has 0 aliphatic rings. The molecule has 0 amide bonds. The predicted octanol–water partition coefficient (Wildman–Crippen LogP) is 4.20. The van der Waals surface area contributed by atoms with Gasteiger partial charge in [-0.05, 0) is 42.8 Å². The molecule has 0 fully saturated rings. The van der Waals surface area contributed by atoms with Crippen LogP contribution in [0.15, 0.2) is 41.2 Å². The van der Waals surface area contributed by atoms with Crippen molar-refractivity contribution in [2.75, 3.05) is 25.6 Å². The van der Waals surface area contributed by atoms with Crippen LogP contribution in [0.25, 0.3) is 16.6 Å². The normalized spacial score (nSPS) is 10.9. The molecule has 0 aliphatic heterocycles. The molecule has 3 aromatic rings. The maximum Gasteiger partial charge on any atom is 0.337 e. The van der Waals surface area contributed by atoms with Gasteiger partial charge >= 0.3 is 5.97 Å². The van der Waals surface area contributed by atoms with E-state index in [0.717, 1.165) is 12.8 Å². The highest BCUT2D eigenvalue weighted by molar-refractivity contribution is 6.30. The molecule has 2 aromatic carbocycles. The van der Waals surface area contributed by atoms with Gasteiger partial charge < -0.3 is 9.64 Å². The van der Waals surface area contributed by atoms with Gasteiger partial charge in [-0.2, -0.15) is 0 Å². The van der Waals surface area contributed by atoms with Gasteiger partial charge in [0.1, 0.15) is 5.82 Å².